The topological polar surface area (TPSA) is 12.9 Å². The molecule has 7 rings (SSSR count). The third-order valence-electron chi connectivity index (χ3n) is 8.09. The molecule has 0 saturated carbocycles. The number of fused-ring (bicyclic) bond motifs is 4. The summed E-state index contributed by atoms with van der Waals surface area (Å²) in [6.07, 6.45) is 8.16. The Bertz CT molecular complexity index is 1830. The SMILES string of the molecule is C/C=C\c1c(C)sc2cc(-c3cccc4c3-c3ccccc3C4(C)c3ccncc3)ccc12.CC.Cc1ccccc1. The molecule has 0 saturated heterocycles. The van der Waals surface area contributed by atoms with Gasteiger partial charge in [-0.1, -0.05) is 116 Å². The van der Waals surface area contributed by atoms with Crippen LogP contribution in [0.15, 0.2) is 122 Å². The molecule has 0 aliphatic heterocycles. The van der Waals surface area contributed by atoms with Crippen molar-refractivity contribution in [2.24, 2.45) is 0 Å². The fraction of sp³-hybridized carbons (Fsp3) is 0.175. The molecule has 0 spiro atoms. The molecule has 0 amide bonds. The maximum absolute atomic E-state index is 4.27. The predicted octanol–water partition coefficient (Wildman–Crippen LogP) is 11.7. The summed E-state index contributed by atoms with van der Waals surface area (Å²) in [5, 5.41) is 1.34. The van der Waals surface area contributed by atoms with E-state index in [-0.39, 0.29) is 5.41 Å². The van der Waals surface area contributed by atoms with Crippen LogP contribution in [0.1, 0.15) is 60.4 Å². The number of pyridine rings is 1. The van der Waals surface area contributed by atoms with Crippen LogP contribution < -0.4 is 0 Å². The molecule has 0 N–H and O–H groups in total. The quantitative estimate of drug-likeness (QED) is 0.208. The molecule has 2 aromatic heterocycles. The zero-order chi connectivity index (χ0) is 29.7. The highest BCUT2D eigenvalue weighted by Crippen LogP contribution is 2.55. The summed E-state index contributed by atoms with van der Waals surface area (Å²) >= 11 is 1.88. The van der Waals surface area contributed by atoms with Crippen molar-refractivity contribution in [1.82, 2.24) is 4.98 Å². The Hall–Kier alpha value is -4.27. The predicted molar refractivity (Wildman–Crippen MR) is 184 cm³/mol. The van der Waals surface area contributed by atoms with Crippen LogP contribution >= 0.6 is 11.3 Å². The van der Waals surface area contributed by atoms with Crippen molar-refractivity contribution in [2.45, 2.75) is 47.0 Å². The highest BCUT2D eigenvalue weighted by Gasteiger charge is 2.41. The number of aryl methyl sites for hydroxylation is 2. The first-order valence-corrected chi connectivity index (χ1v) is 15.7. The van der Waals surface area contributed by atoms with Gasteiger partial charge in [-0.05, 0) is 95.8 Å². The molecule has 210 valence electrons. The lowest BCUT2D eigenvalue weighted by Gasteiger charge is -2.28. The molecule has 0 bridgehead atoms. The molecule has 42 heavy (non-hydrogen) atoms. The molecule has 2 heteroatoms. The van der Waals surface area contributed by atoms with Crippen LogP contribution in [0.3, 0.4) is 0 Å². The first-order chi connectivity index (χ1) is 20.5. The number of allylic oxidation sites excluding steroid dienone is 1. The van der Waals surface area contributed by atoms with Crippen molar-refractivity contribution < 1.29 is 0 Å². The summed E-state index contributed by atoms with van der Waals surface area (Å²) < 4.78 is 1.35. The average Bonchev–Trinajstić information content (AvgIpc) is 3.50. The van der Waals surface area contributed by atoms with Gasteiger partial charge in [0.1, 0.15) is 0 Å². The number of rotatable bonds is 3. The van der Waals surface area contributed by atoms with Crippen molar-refractivity contribution in [2.75, 3.05) is 0 Å². The molecule has 6 aromatic rings. The van der Waals surface area contributed by atoms with Crippen LogP contribution in [0.25, 0.3) is 38.4 Å². The Morgan fingerprint density at radius 2 is 1.38 bits per heavy atom. The minimum absolute atomic E-state index is 0.201. The van der Waals surface area contributed by atoms with Gasteiger partial charge in [-0.15, -0.1) is 11.3 Å². The molecule has 1 atom stereocenters. The van der Waals surface area contributed by atoms with E-state index in [1.54, 1.807) is 0 Å². The van der Waals surface area contributed by atoms with Crippen LogP contribution in [-0.2, 0) is 5.41 Å². The summed E-state index contributed by atoms with van der Waals surface area (Å²) in [7, 11) is 0. The van der Waals surface area contributed by atoms with Crippen molar-refractivity contribution in [3.8, 4) is 22.3 Å². The molecule has 4 aromatic carbocycles. The van der Waals surface area contributed by atoms with Gasteiger partial charge in [-0.25, -0.2) is 0 Å². The molecule has 1 aliphatic carbocycles. The van der Waals surface area contributed by atoms with E-state index in [4.69, 9.17) is 0 Å². The fourth-order valence-electron chi connectivity index (χ4n) is 6.09. The number of hydrogen-bond donors (Lipinski definition) is 0. The molecule has 1 aliphatic rings. The van der Waals surface area contributed by atoms with Crippen LogP contribution in [-0.4, -0.2) is 4.98 Å². The third-order valence-corrected chi connectivity index (χ3v) is 9.18. The van der Waals surface area contributed by atoms with Gasteiger partial charge in [0.05, 0.1) is 0 Å². The van der Waals surface area contributed by atoms with Crippen molar-refractivity contribution in [3.63, 3.8) is 0 Å². The van der Waals surface area contributed by atoms with Gasteiger partial charge in [0.15, 0.2) is 0 Å². The van der Waals surface area contributed by atoms with E-state index in [2.05, 4.69) is 130 Å². The number of hydrogen-bond acceptors (Lipinski definition) is 2. The lowest BCUT2D eigenvalue weighted by molar-refractivity contribution is 0.712. The standard InChI is InChI=1S/C31H25NS.C7H8.C2H6/c1-4-8-23-20(2)33-29-19-21(13-14-25(23)29)24-10-7-12-28-30(24)26-9-5-6-11-27(26)31(28,3)22-15-17-32-18-16-22;1-7-5-3-2-4-6-7;1-2/h4-19H,1-3H3;2-6H,1H3;1-2H3/b8-4-;;. The van der Waals surface area contributed by atoms with E-state index < -0.39 is 0 Å². The second kappa shape index (κ2) is 12.7. The summed E-state index contributed by atoms with van der Waals surface area (Å²) in [4.78, 5) is 5.64. The second-order valence-electron chi connectivity index (χ2n) is 10.6. The monoisotopic (exact) mass is 565 g/mol. The average molecular weight is 566 g/mol. The van der Waals surface area contributed by atoms with Crippen LogP contribution in [0.5, 0.6) is 0 Å². The molecule has 2 heterocycles. The van der Waals surface area contributed by atoms with E-state index in [0.29, 0.717) is 0 Å². The molecule has 1 unspecified atom stereocenters. The Kier molecular flexibility index (Phi) is 8.85. The molecular weight excluding hydrogens is 527 g/mol. The molecule has 1 nitrogen and oxygen atoms in total. The Morgan fingerprint density at radius 3 is 2.07 bits per heavy atom. The molecule has 0 fully saturated rings. The number of aromatic nitrogens is 1. The largest absolute Gasteiger partial charge is 0.265 e. The zero-order valence-corrected chi connectivity index (χ0v) is 26.3. The van der Waals surface area contributed by atoms with Crippen LogP contribution in [0, 0.1) is 13.8 Å². The van der Waals surface area contributed by atoms with E-state index >= 15 is 0 Å². The van der Waals surface area contributed by atoms with Crippen LogP contribution in [0.2, 0.25) is 0 Å². The zero-order valence-electron chi connectivity index (χ0n) is 25.5. The van der Waals surface area contributed by atoms with Gasteiger partial charge in [-0.2, -0.15) is 0 Å². The summed E-state index contributed by atoms with van der Waals surface area (Å²) in [6, 6.07) is 37.2. The van der Waals surface area contributed by atoms with Crippen molar-refractivity contribution in [3.05, 3.63) is 154 Å². The van der Waals surface area contributed by atoms with Crippen LogP contribution in [0.4, 0.5) is 0 Å². The van der Waals surface area contributed by atoms with E-state index in [1.807, 2.05) is 55.8 Å². The molecular formula is C40H39NS. The van der Waals surface area contributed by atoms with Gasteiger partial charge in [0.25, 0.3) is 0 Å². The van der Waals surface area contributed by atoms with Gasteiger partial charge in [-0.3, -0.25) is 4.98 Å². The number of benzene rings is 4. The summed E-state index contributed by atoms with van der Waals surface area (Å²) in [5.74, 6) is 0. The highest BCUT2D eigenvalue weighted by atomic mass is 32.1. The minimum atomic E-state index is -0.201. The second-order valence-corrected chi connectivity index (χ2v) is 11.8. The highest BCUT2D eigenvalue weighted by molar-refractivity contribution is 7.19. The first-order valence-electron chi connectivity index (χ1n) is 14.8. The van der Waals surface area contributed by atoms with Gasteiger partial charge in [0, 0.05) is 27.4 Å². The summed E-state index contributed by atoms with van der Waals surface area (Å²) in [6.45, 7) is 12.7. The molecule has 0 radical (unpaired) electrons. The normalized spacial score (nSPS) is 14.9. The lowest BCUT2D eigenvalue weighted by Crippen LogP contribution is -2.22. The van der Waals surface area contributed by atoms with Crippen molar-refractivity contribution in [1.29, 1.82) is 0 Å². The Morgan fingerprint density at radius 1 is 0.714 bits per heavy atom. The van der Waals surface area contributed by atoms with E-state index in [1.165, 1.54) is 65.0 Å². The summed E-state index contributed by atoms with van der Waals surface area (Å²) in [5.41, 5.74) is 11.7. The van der Waals surface area contributed by atoms with Gasteiger partial charge < -0.3 is 0 Å². The van der Waals surface area contributed by atoms with E-state index in [0.717, 1.165) is 0 Å². The lowest BCUT2D eigenvalue weighted by atomic mass is 9.74. The maximum atomic E-state index is 4.27. The van der Waals surface area contributed by atoms with Gasteiger partial charge in [0.2, 0.25) is 0 Å². The fourth-order valence-corrected chi connectivity index (χ4v) is 7.18. The maximum Gasteiger partial charge on any atom is 0.0436 e. The van der Waals surface area contributed by atoms with Gasteiger partial charge >= 0.3 is 0 Å². The minimum Gasteiger partial charge on any atom is -0.265 e. The smallest absolute Gasteiger partial charge is 0.0436 e. The third kappa shape index (κ3) is 5.24. The Balaban J connectivity index is 0.000000341. The number of nitrogens with zero attached hydrogens (tertiary/aromatic N) is 1. The Labute approximate surface area is 255 Å². The number of thiophene rings is 1. The van der Waals surface area contributed by atoms with Crippen molar-refractivity contribution >= 4 is 27.5 Å². The first kappa shape index (κ1) is 29.2. The van der Waals surface area contributed by atoms with E-state index in [9.17, 15) is 0 Å².